The number of ether oxygens (including phenoxy) is 3. The second-order valence-electron chi connectivity index (χ2n) is 6.26. The van der Waals surface area contributed by atoms with Gasteiger partial charge in [-0.1, -0.05) is 30.3 Å². The van der Waals surface area contributed by atoms with Gasteiger partial charge in [-0.3, -0.25) is 4.90 Å². The van der Waals surface area contributed by atoms with E-state index in [-0.39, 0.29) is 18.8 Å². The van der Waals surface area contributed by atoms with E-state index in [2.05, 4.69) is 17.0 Å². The van der Waals surface area contributed by atoms with E-state index in [1.165, 1.54) is 5.56 Å². The van der Waals surface area contributed by atoms with E-state index < -0.39 is 18.2 Å². The van der Waals surface area contributed by atoms with Crippen LogP contribution in [0.1, 0.15) is 19.4 Å². The minimum Gasteiger partial charge on any atom is -0.389 e. The predicted octanol–water partition coefficient (Wildman–Crippen LogP) is 1.36. The molecule has 2 aliphatic rings. The van der Waals surface area contributed by atoms with Gasteiger partial charge in [0.1, 0.15) is 6.10 Å². The highest BCUT2D eigenvalue weighted by Gasteiger charge is 2.52. The molecule has 116 valence electrons. The van der Waals surface area contributed by atoms with Gasteiger partial charge in [-0.2, -0.15) is 0 Å². The van der Waals surface area contributed by atoms with Gasteiger partial charge in [0.2, 0.25) is 0 Å². The first-order valence-corrected chi connectivity index (χ1v) is 7.36. The molecule has 2 heterocycles. The van der Waals surface area contributed by atoms with Crippen molar-refractivity contribution in [3.8, 4) is 0 Å². The maximum Gasteiger partial charge on any atom is 0.188 e. The Morgan fingerprint density at radius 1 is 1.24 bits per heavy atom. The third-order valence-corrected chi connectivity index (χ3v) is 4.03. The molecule has 0 bridgehead atoms. The Bertz CT molecular complexity index is 478. The lowest BCUT2D eigenvalue weighted by Gasteiger charge is -2.40. The lowest BCUT2D eigenvalue weighted by atomic mass is 10.00. The Hall–Kier alpha value is -0.980. The van der Waals surface area contributed by atoms with Crippen LogP contribution >= 0.6 is 0 Å². The topological polar surface area (TPSA) is 51.2 Å². The van der Waals surface area contributed by atoms with Crippen LogP contribution in [0, 0.1) is 0 Å². The molecule has 2 fully saturated rings. The molecule has 0 radical (unpaired) electrons. The molecule has 4 atom stereocenters. The molecule has 21 heavy (non-hydrogen) atoms. The fraction of sp³-hybridized carbons (Fsp3) is 0.625. The molecule has 0 amide bonds. The van der Waals surface area contributed by atoms with Crippen LogP contribution in [0.2, 0.25) is 0 Å². The fourth-order valence-corrected chi connectivity index (χ4v) is 3.15. The molecule has 3 rings (SSSR count). The van der Waals surface area contributed by atoms with Crippen LogP contribution in [0.25, 0.3) is 0 Å². The standard InChI is InChI=1S/C16H23NO4/c1-16(2)20-14-13(12(18)10-19-15(14)21-16)17(3)9-11-7-5-4-6-8-11/h4-8,12-15,18H,9-10H2,1-3H3/t12-,13+,14-,15-/m1/s1. The van der Waals surface area contributed by atoms with Gasteiger partial charge in [-0.05, 0) is 26.5 Å². The number of benzene rings is 1. The number of likely N-dealkylation sites (N-methyl/N-ethyl adjacent to an activating group) is 1. The molecular formula is C16H23NO4. The van der Waals surface area contributed by atoms with Crippen molar-refractivity contribution < 1.29 is 19.3 Å². The summed E-state index contributed by atoms with van der Waals surface area (Å²) in [6, 6.07) is 10.0. The Balaban J connectivity index is 1.75. The van der Waals surface area contributed by atoms with E-state index >= 15 is 0 Å². The molecule has 5 nitrogen and oxygen atoms in total. The minimum absolute atomic E-state index is 0.147. The summed E-state index contributed by atoms with van der Waals surface area (Å²) < 4.78 is 17.3. The highest BCUT2D eigenvalue weighted by Crippen LogP contribution is 2.36. The summed E-state index contributed by atoms with van der Waals surface area (Å²) in [5, 5.41) is 10.3. The summed E-state index contributed by atoms with van der Waals surface area (Å²) >= 11 is 0. The van der Waals surface area contributed by atoms with E-state index in [4.69, 9.17) is 14.2 Å². The van der Waals surface area contributed by atoms with Crippen molar-refractivity contribution in [2.45, 2.75) is 50.7 Å². The summed E-state index contributed by atoms with van der Waals surface area (Å²) in [6.07, 6.45) is -1.28. The second-order valence-corrected chi connectivity index (χ2v) is 6.26. The van der Waals surface area contributed by atoms with E-state index in [1.807, 2.05) is 39.1 Å². The van der Waals surface area contributed by atoms with Crippen LogP contribution in [0.5, 0.6) is 0 Å². The first kappa shape index (κ1) is 14.9. The highest BCUT2D eigenvalue weighted by atomic mass is 16.8. The van der Waals surface area contributed by atoms with Gasteiger partial charge in [-0.15, -0.1) is 0 Å². The molecule has 0 aromatic heterocycles. The van der Waals surface area contributed by atoms with Crippen LogP contribution in [0.15, 0.2) is 30.3 Å². The maximum absolute atomic E-state index is 10.3. The SMILES string of the molecule is CN(Cc1ccccc1)[C@@H]1[C@H]2OC(C)(C)O[C@H]2OC[C@H]1O. The summed E-state index contributed by atoms with van der Waals surface area (Å²) in [5.41, 5.74) is 1.20. The van der Waals surface area contributed by atoms with Crippen molar-refractivity contribution >= 4 is 0 Å². The zero-order valence-electron chi connectivity index (χ0n) is 12.7. The second kappa shape index (κ2) is 5.66. The van der Waals surface area contributed by atoms with Crippen molar-refractivity contribution in [1.29, 1.82) is 0 Å². The first-order chi connectivity index (χ1) is 9.96. The van der Waals surface area contributed by atoms with Crippen LogP contribution < -0.4 is 0 Å². The Morgan fingerprint density at radius 2 is 1.95 bits per heavy atom. The fourth-order valence-electron chi connectivity index (χ4n) is 3.15. The molecule has 0 spiro atoms. The largest absolute Gasteiger partial charge is 0.389 e. The van der Waals surface area contributed by atoms with Gasteiger partial charge in [-0.25, -0.2) is 0 Å². The molecular weight excluding hydrogens is 270 g/mol. The van der Waals surface area contributed by atoms with Crippen molar-refractivity contribution in [2.75, 3.05) is 13.7 Å². The predicted molar refractivity (Wildman–Crippen MR) is 77.5 cm³/mol. The van der Waals surface area contributed by atoms with Crippen LogP contribution in [-0.4, -0.2) is 54.0 Å². The average molecular weight is 293 g/mol. The number of nitrogens with zero attached hydrogens (tertiary/aromatic N) is 1. The summed E-state index contributed by atoms with van der Waals surface area (Å²) in [6.45, 7) is 4.75. The molecule has 1 N–H and O–H groups in total. The van der Waals surface area contributed by atoms with Crippen molar-refractivity contribution in [3.63, 3.8) is 0 Å². The normalized spacial score (nSPS) is 34.9. The number of rotatable bonds is 3. The van der Waals surface area contributed by atoms with Crippen LogP contribution in [0.3, 0.4) is 0 Å². The van der Waals surface area contributed by atoms with Crippen LogP contribution in [0.4, 0.5) is 0 Å². The van der Waals surface area contributed by atoms with Crippen molar-refractivity contribution in [3.05, 3.63) is 35.9 Å². The van der Waals surface area contributed by atoms with Gasteiger partial charge < -0.3 is 19.3 Å². The Kier molecular flexibility index (Phi) is 4.03. The van der Waals surface area contributed by atoms with E-state index in [9.17, 15) is 5.11 Å². The minimum atomic E-state index is -0.675. The van der Waals surface area contributed by atoms with E-state index in [0.717, 1.165) is 6.54 Å². The maximum atomic E-state index is 10.3. The van der Waals surface area contributed by atoms with E-state index in [0.29, 0.717) is 0 Å². The molecule has 0 unspecified atom stereocenters. The monoisotopic (exact) mass is 293 g/mol. The summed E-state index contributed by atoms with van der Waals surface area (Å²) in [7, 11) is 2.00. The third-order valence-electron chi connectivity index (χ3n) is 4.03. The smallest absolute Gasteiger partial charge is 0.188 e. The number of aliphatic hydroxyl groups is 1. The van der Waals surface area contributed by atoms with Crippen molar-refractivity contribution in [2.24, 2.45) is 0 Å². The molecule has 0 aliphatic carbocycles. The number of hydrogen-bond acceptors (Lipinski definition) is 5. The highest BCUT2D eigenvalue weighted by molar-refractivity contribution is 5.14. The molecule has 5 heteroatoms. The molecule has 2 saturated heterocycles. The van der Waals surface area contributed by atoms with E-state index in [1.54, 1.807) is 0 Å². The zero-order chi connectivity index (χ0) is 15.0. The quantitative estimate of drug-likeness (QED) is 0.912. The Labute approximate surface area is 125 Å². The van der Waals surface area contributed by atoms with Gasteiger partial charge in [0.05, 0.1) is 18.8 Å². The number of hydrogen-bond donors (Lipinski definition) is 1. The first-order valence-electron chi connectivity index (χ1n) is 7.36. The summed E-state index contributed by atoms with van der Waals surface area (Å²) in [5.74, 6) is -0.675. The molecule has 2 aliphatic heterocycles. The molecule has 1 aromatic carbocycles. The van der Waals surface area contributed by atoms with Gasteiger partial charge >= 0.3 is 0 Å². The third kappa shape index (κ3) is 3.12. The average Bonchev–Trinajstić information content (AvgIpc) is 2.73. The number of fused-ring (bicyclic) bond motifs is 1. The zero-order valence-corrected chi connectivity index (χ0v) is 12.7. The van der Waals surface area contributed by atoms with Crippen LogP contribution in [-0.2, 0) is 20.8 Å². The molecule has 1 aromatic rings. The van der Waals surface area contributed by atoms with Gasteiger partial charge in [0, 0.05) is 6.54 Å². The molecule has 0 saturated carbocycles. The number of aliphatic hydroxyl groups excluding tert-OH is 1. The van der Waals surface area contributed by atoms with Gasteiger partial charge in [0.25, 0.3) is 0 Å². The van der Waals surface area contributed by atoms with Gasteiger partial charge in [0.15, 0.2) is 12.1 Å². The lowest BCUT2D eigenvalue weighted by Crippen LogP contribution is -2.58. The Morgan fingerprint density at radius 3 is 2.67 bits per heavy atom. The summed E-state index contributed by atoms with van der Waals surface area (Å²) in [4.78, 5) is 2.12. The lowest BCUT2D eigenvalue weighted by molar-refractivity contribution is -0.209. The van der Waals surface area contributed by atoms with Crippen molar-refractivity contribution in [1.82, 2.24) is 4.90 Å².